The topological polar surface area (TPSA) is 105 Å². The van der Waals surface area contributed by atoms with Crippen molar-refractivity contribution < 1.29 is 24.2 Å². The Hall–Kier alpha value is -2.57. The molecule has 0 fully saturated rings. The number of esters is 1. The maximum Gasteiger partial charge on any atom is 0.342 e. The van der Waals surface area contributed by atoms with E-state index in [0.29, 0.717) is 5.56 Å². The number of carbonyl (C=O) groups is 3. The van der Waals surface area contributed by atoms with Crippen molar-refractivity contribution >= 4 is 17.9 Å². The number of hydrogen-bond acceptors (Lipinski definition) is 5. The average Bonchev–Trinajstić information content (AvgIpc) is 2.41. The Balaban J connectivity index is 2.73. The molecule has 0 aromatic heterocycles. The average molecular weight is 280 g/mol. The minimum Gasteiger partial charge on any atom is -0.507 e. The number of ether oxygens (including phenoxy) is 1. The van der Waals surface area contributed by atoms with Gasteiger partial charge in [0.15, 0.2) is 6.10 Å². The summed E-state index contributed by atoms with van der Waals surface area (Å²) in [5.41, 5.74) is 0.478. The molecule has 108 valence electrons. The summed E-state index contributed by atoms with van der Waals surface area (Å²) < 4.78 is 4.89. The molecule has 20 heavy (non-hydrogen) atoms. The summed E-state index contributed by atoms with van der Waals surface area (Å²) in [7, 11) is 1.35. The van der Waals surface area contributed by atoms with E-state index >= 15 is 0 Å². The van der Waals surface area contributed by atoms with Gasteiger partial charge in [0.2, 0.25) is 0 Å². The van der Waals surface area contributed by atoms with E-state index in [-0.39, 0.29) is 11.3 Å². The molecule has 3 amide bonds. The Bertz CT molecular complexity index is 542. The van der Waals surface area contributed by atoms with E-state index in [2.05, 4.69) is 5.32 Å². The lowest BCUT2D eigenvalue weighted by Crippen LogP contribution is -2.43. The molecule has 3 N–H and O–H groups in total. The smallest absolute Gasteiger partial charge is 0.342 e. The highest BCUT2D eigenvalue weighted by atomic mass is 16.5. The zero-order valence-corrected chi connectivity index (χ0v) is 11.4. The number of para-hydroxylation sites is 1. The fraction of sp³-hybridized carbons (Fsp3) is 0.308. The second-order valence-corrected chi connectivity index (χ2v) is 4.09. The molecule has 7 nitrogen and oxygen atoms in total. The van der Waals surface area contributed by atoms with E-state index in [9.17, 15) is 19.5 Å². The van der Waals surface area contributed by atoms with Crippen LogP contribution in [0.3, 0.4) is 0 Å². The van der Waals surface area contributed by atoms with Crippen LogP contribution in [0.25, 0.3) is 0 Å². The largest absolute Gasteiger partial charge is 0.507 e. The second-order valence-electron chi connectivity index (χ2n) is 4.09. The minimum atomic E-state index is -1.17. The molecule has 1 atom stereocenters. The van der Waals surface area contributed by atoms with Crippen molar-refractivity contribution in [2.45, 2.75) is 20.0 Å². The molecule has 0 spiro atoms. The number of amides is 3. The van der Waals surface area contributed by atoms with Crippen LogP contribution in [0.5, 0.6) is 5.75 Å². The summed E-state index contributed by atoms with van der Waals surface area (Å²) in [5.74, 6) is -1.80. The zero-order valence-electron chi connectivity index (χ0n) is 11.4. The minimum absolute atomic E-state index is 0.0374. The number of aromatic hydroxyl groups is 1. The summed E-state index contributed by atoms with van der Waals surface area (Å²) in [6.45, 7) is 2.96. The highest BCUT2D eigenvalue weighted by Gasteiger charge is 2.22. The Morgan fingerprint density at radius 1 is 1.30 bits per heavy atom. The van der Waals surface area contributed by atoms with Gasteiger partial charge in [0.05, 0.1) is 0 Å². The molecule has 0 saturated carbocycles. The first-order valence-corrected chi connectivity index (χ1v) is 5.89. The zero-order chi connectivity index (χ0) is 15.3. The fourth-order valence-corrected chi connectivity index (χ4v) is 1.38. The Morgan fingerprint density at radius 2 is 1.95 bits per heavy atom. The van der Waals surface area contributed by atoms with Crippen molar-refractivity contribution in [3.05, 3.63) is 29.3 Å². The predicted octanol–water partition coefficient (Wildman–Crippen LogP) is 0.702. The number of hydrogen-bond donors (Lipinski definition) is 3. The highest BCUT2D eigenvalue weighted by molar-refractivity contribution is 5.99. The summed E-state index contributed by atoms with van der Waals surface area (Å²) in [6, 6.07) is 3.90. The number of nitrogens with one attached hydrogen (secondary N) is 2. The molecule has 7 heteroatoms. The molecular weight excluding hydrogens is 264 g/mol. The molecule has 0 saturated heterocycles. The van der Waals surface area contributed by atoms with Crippen molar-refractivity contribution in [3.63, 3.8) is 0 Å². The van der Waals surface area contributed by atoms with Crippen LogP contribution >= 0.6 is 0 Å². The molecule has 1 aromatic carbocycles. The number of imide groups is 1. The fourth-order valence-electron chi connectivity index (χ4n) is 1.38. The lowest BCUT2D eigenvalue weighted by molar-refractivity contribution is -0.127. The number of rotatable bonds is 3. The van der Waals surface area contributed by atoms with Gasteiger partial charge < -0.3 is 15.2 Å². The quantitative estimate of drug-likeness (QED) is 0.707. The van der Waals surface area contributed by atoms with Gasteiger partial charge in [-0.2, -0.15) is 0 Å². The number of urea groups is 1. The molecule has 0 aliphatic carbocycles. The standard InChI is InChI=1S/C13H16N2O5/c1-7-5-4-6-9(10(7)16)12(18)20-8(2)11(17)15-13(19)14-3/h4-6,8,16H,1-3H3,(H2,14,15,17,19)/t8-/m1/s1. The van der Waals surface area contributed by atoms with E-state index in [1.165, 1.54) is 20.0 Å². The van der Waals surface area contributed by atoms with Gasteiger partial charge in [0, 0.05) is 7.05 Å². The maximum atomic E-state index is 11.8. The van der Waals surface area contributed by atoms with Gasteiger partial charge in [-0.05, 0) is 25.5 Å². The number of phenols is 1. The van der Waals surface area contributed by atoms with Gasteiger partial charge in [-0.1, -0.05) is 12.1 Å². The van der Waals surface area contributed by atoms with Crippen molar-refractivity contribution in [1.29, 1.82) is 0 Å². The third kappa shape index (κ3) is 3.71. The summed E-state index contributed by atoms with van der Waals surface area (Å²) in [6.07, 6.45) is -1.17. The molecule has 0 heterocycles. The van der Waals surface area contributed by atoms with Crippen LogP contribution in [0.15, 0.2) is 18.2 Å². The van der Waals surface area contributed by atoms with Crippen LogP contribution in [-0.2, 0) is 9.53 Å². The van der Waals surface area contributed by atoms with Crippen molar-refractivity contribution in [3.8, 4) is 5.75 Å². The van der Waals surface area contributed by atoms with Gasteiger partial charge in [0.1, 0.15) is 11.3 Å². The molecule has 0 unspecified atom stereocenters. The van der Waals surface area contributed by atoms with Gasteiger partial charge in [-0.15, -0.1) is 0 Å². The molecule has 0 bridgehead atoms. The Labute approximate surface area is 115 Å². The number of aryl methyl sites for hydroxylation is 1. The highest BCUT2D eigenvalue weighted by Crippen LogP contribution is 2.22. The van der Waals surface area contributed by atoms with E-state index in [1.807, 2.05) is 5.32 Å². The lowest BCUT2D eigenvalue weighted by Gasteiger charge is -2.13. The normalized spacial score (nSPS) is 11.3. The summed E-state index contributed by atoms with van der Waals surface area (Å²) in [5, 5.41) is 13.9. The number of carbonyl (C=O) groups excluding carboxylic acids is 3. The Kier molecular flexibility index (Phi) is 5.08. The SMILES string of the molecule is CNC(=O)NC(=O)[C@@H](C)OC(=O)c1cccc(C)c1O. The molecule has 1 aromatic rings. The van der Waals surface area contributed by atoms with Crippen LogP contribution in [0.4, 0.5) is 4.79 Å². The van der Waals surface area contributed by atoms with Gasteiger partial charge in [0.25, 0.3) is 5.91 Å². The van der Waals surface area contributed by atoms with Crippen LogP contribution in [-0.4, -0.2) is 36.2 Å². The third-order valence-electron chi connectivity index (χ3n) is 2.57. The first-order chi connectivity index (χ1) is 9.36. The van der Waals surface area contributed by atoms with Gasteiger partial charge >= 0.3 is 12.0 Å². The van der Waals surface area contributed by atoms with Gasteiger partial charge in [-0.3, -0.25) is 10.1 Å². The van der Waals surface area contributed by atoms with Crippen molar-refractivity contribution in [2.24, 2.45) is 0 Å². The number of benzene rings is 1. The van der Waals surface area contributed by atoms with Crippen molar-refractivity contribution in [2.75, 3.05) is 7.05 Å². The third-order valence-corrected chi connectivity index (χ3v) is 2.57. The van der Waals surface area contributed by atoms with Crippen molar-refractivity contribution in [1.82, 2.24) is 10.6 Å². The monoisotopic (exact) mass is 280 g/mol. The van der Waals surface area contributed by atoms with Gasteiger partial charge in [-0.25, -0.2) is 9.59 Å². The molecule has 0 radical (unpaired) electrons. The first-order valence-electron chi connectivity index (χ1n) is 5.89. The molecule has 0 aliphatic heterocycles. The molecule has 0 aliphatic rings. The second kappa shape index (κ2) is 6.55. The van der Waals surface area contributed by atoms with E-state index in [1.54, 1.807) is 19.1 Å². The van der Waals surface area contributed by atoms with E-state index in [0.717, 1.165) is 0 Å². The van der Waals surface area contributed by atoms with Crippen LogP contribution < -0.4 is 10.6 Å². The first kappa shape index (κ1) is 15.5. The van der Waals surface area contributed by atoms with E-state index in [4.69, 9.17) is 4.74 Å². The summed E-state index contributed by atoms with van der Waals surface area (Å²) >= 11 is 0. The van der Waals surface area contributed by atoms with E-state index < -0.39 is 24.0 Å². The lowest BCUT2D eigenvalue weighted by atomic mass is 10.1. The van der Waals surface area contributed by atoms with Crippen LogP contribution in [0, 0.1) is 6.92 Å². The summed E-state index contributed by atoms with van der Waals surface area (Å²) in [4.78, 5) is 34.3. The van der Waals surface area contributed by atoms with Crippen LogP contribution in [0.2, 0.25) is 0 Å². The molecular formula is C13H16N2O5. The number of phenolic OH excluding ortho intramolecular Hbond substituents is 1. The van der Waals surface area contributed by atoms with Crippen LogP contribution in [0.1, 0.15) is 22.8 Å². The molecule has 1 rings (SSSR count). The predicted molar refractivity (Wildman–Crippen MR) is 70.3 cm³/mol. The maximum absolute atomic E-state index is 11.8. The Morgan fingerprint density at radius 3 is 2.55 bits per heavy atom.